The number of hydrogen-bond acceptors (Lipinski definition) is 0. The lowest BCUT2D eigenvalue weighted by molar-refractivity contribution is 0.887. The summed E-state index contributed by atoms with van der Waals surface area (Å²) in [7, 11) is 0. The summed E-state index contributed by atoms with van der Waals surface area (Å²) >= 11 is 3.39. The highest BCUT2D eigenvalue weighted by molar-refractivity contribution is 9.10. The Morgan fingerprint density at radius 3 is 2.64 bits per heavy atom. The SMILES string of the molecule is C=CCCCC#Cc1ccc(Br)cc1. The topological polar surface area (TPSA) is 0 Å². The Morgan fingerprint density at radius 1 is 1.29 bits per heavy atom. The van der Waals surface area contributed by atoms with Crippen molar-refractivity contribution in [3.8, 4) is 11.8 Å². The monoisotopic (exact) mass is 248 g/mol. The first-order valence-corrected chi connectivity index (χ1v) is 5.47. The van der Waals surface area contributed by atoms with E-state index >= 15 is 0 Å². The van der Waals surface area contributed by atoms with E-state index in [1.165, 1.54) is 0 Å². The fraction of sp³-hybridized carbons (Fsp3) is 0.231. The summed E-state index contributed by atoms with van der Waals surface area (Å²) in [6, 6.07) is 8.05. The van der Waals surface area contributed by atoms with E-state index in [4.69, 9.17) is 0 Å². The first-order chi connectivity index (χ1) is 6.83. The number of unbranched alkanes of at least 4 members (excludes halogenated alkanes) is 2. The molecule has 0 bridgehead atoms. The zero-order chi connectivity index (χ0) is 10.2. The van der Waals surface area contributed by atoms with Gasteiger partial charge in [-0.2, -0.15) is 0 Å². The zero-order valence-corrected chi connectivity index (χ0v) is 9.68. The predicted molar refractivity (Wildman–Crippen MR) is 65.1 cm³/mol. The van der Waals surface area contributed by atoms with E-state index in [9.17, 15) is 0 Å². The van der Waals surface area contributed by atoms with Gasteiger partial charge in [-0.05, 0) is 37.1 Å². The molecule has 0 spiro atoms. The van der Waals surface area contributed by atoms with Crippen molar-refractivity contribution in [1.29, 1.82) is 0 Å². The highest BCUT2D eigenvalue weighted by Gasteiger charge is 1.86. The van der Waals surface area contributed by atoms with Crippen LogP contribution in [0.3, 0.4) is 0 Å². The molecule has 14 heavy (non-hydrogen) atoms. The normalized spacial score (nSPS) is 8.93. The van der Waals surface area contributed by atoms with Crippen LogP contribution in [0.15, 0.2) is 41.4 Å². The number of benzene rings is 1. The lowest BCUT2D eigenvalue weighted by atomic mass is 10.2. The van der Waals surface area contributed by atoms with Gasteiger partial charge in [0.25, 0.3) is 0 Å². The van der Waals surface area contributed by atoms with Crippen LogP contribution < -0.4 is 0 Å². The minimum Gasteiger partial charge on any atom is -0.103 e. The molecule has 1 aromatic carbocycles. The average Bonchev–Trinajstić information content (AvgIpc) is 2.21. The molecule has 0 amide bonds. The molecule has 0 aromatic heterocycles. The molecule has 1 rings (SSSR count). The molecule has 1 aromatic rings. The molecule has 0 nitrogen and oxygen atoms in total. The fourth-order valence-corrected chi connectivity index (χ4v) is 1.30. The minimum absolute atomic E-state index is 0.947. The van der Waals surface area contributed by atoms with Gasteiger partial charge in [0, 0.05) is 16.5 Å². The van der Waals surface area contributed by atoms with E-state index < -0.39 is 0 Å². The van der Waals surface area contributed by atoms with Crippen LogP contribution in [0.25, 0.3) is 0 Å². The Morgan fingerprint density at radius 2 is 2.00 bits per heavy atom. The van der Waals surface area contributed by atoms with Crippen molar-refractivity contribution in [2.24, 2.45) is 0 Å². The van der Waals surface area contributed by atoms with Crippen molar-refractivity contribution in [3.63, 3.8) is 0 Å². The van der Waals surface area contributed by atoms with Crippen LogP contribution in [0.4, 0.5) is 0 Å². The van der Waals surface area contributed by atoms with Crippen molar-refractivity contribution in [3.05, 3.63) is 47.0 Å². The molecule has 0 radical (unpaired) electrons. The predicted octanol–water partition coefficient (Wildman–Crippen LogP) is 4.16. The van der Waals surface area contributed by atoms with Gasteiger partial charge >= 0.3 is 0 Å². The summed E-state index contributed by atoms with van der Waals surface area (Å²) in [5, 5.41) is 0. The van der Waals surface area contributed by atoms with Gasteiger partial charge in [-0.1, -0.05) is 33.8 Å². The lowest BCUT2D eigenvalue weighted by Crippen LogP contribution is -1.73. The number of rotatable bonds is 3. The van der Waals surface area contributed by atoms with Gasteiger partial charge in [-0.3, -0.25) is 0 Å². The Hall–Kier alpha value is -1.000. The third-order valence-electron chi connectivity index (χ3n) is 1.79. The van der Waals surface area contributed by atoms with Gasteiger partial charge in [0.15, 0.2) is 0 Å². The molecule has 1 heteroatoms. The fourth-order valence-electron chi connectivity index (χ4n) is 1.03. The van der Waals surface area contributed by atoms with E-state index in [1.807, 2.05) is 30.3 Å². The molecule has 0 fully saturated rings. The van der Waals surface area contributed by atoms with Crippen molar-refractivity contribution in [2.45, 2.75) is 19.3 Å². The Labute approximate surface area is 94.2 Å². The Bertz CT molecular complexity index is 338. The lowest BCUT2D eigenvalue weighted by Gasteiger charge is -1.90. The van der Waals surface area contributed by atoms with E-state index in [2.05, 4.69) is 34.3 Å². The average molecular weight is 249 g/mol. The maximum Gasteiger partial charge on any atom is 0.0246 e. The van der Waals surface area contributed by atoms with Crippen LogP contribution in [0.2, 0.25) is 0 Å². The number of allylic oxidation sites excluding steroid dienone is 1. The second-order valence-corrected chi connectivity index (χ2v) is 3.91. The molecule has 0 aliphatic carbocycles. The van der Waals surface area contributed by atoms with E-state index in [0.29, 0.717) is 0 Å². The summed E-state index contributed by atoms with van der Waals surface area (Å²) < 4.78 is 1.09. The number of hydrogen-bond donors (Lipinski definition) is 0. The van der Waals surface area contributed by atoms with Crippen LogP contribution in [0.5, 0.6) is 0 Å². The Balaban J connectivity index is 2.43. The number of halogens is 1. The highest BCUT2D eigenvalue weighted by Crippen LogP contribution is 2.09. The summed E-state index contributed by atoms with van der Waals surface area (Å²) in [5.41, 5.74) is 1.08. The molecule has 72 valence electrons. The molecule has 0 atom stereocenters. The summed E-state index contributed by atoms with van der Waals surface area (Å²) in [6.07, 6.45) is 5.03. The van der Waals surface area contributed by atoms with Gasteiger partial charge in [0.05, 0.1) is 0 Å². The summed E-state index contributed by atoms with van der Waals surface area (Å²) in [5.74, 6) is 6.27. The minimum atomic E-state index is 0.947. The molecule has 0 saturated heterocycles. The molecule has 0 saturated carbocycles. The van der Waals surface area contributed by atoms with E-state index in [-0.39, 0.29) is 0 Å². The van der Waals surface area contributed by atoms with Crippen LogP contribution >= 0.6 is 15.9 Å². The van der Waals surface area contributed by atoms with Crippen molar-refractivity contribution in [1.82, 2.24) is 0 Å². The van der Waals surface area contributed by atoms with Crippen molar-refractivity contribution >= 4 is 15.9 Å². The molecule has 0 unspecified atom stereocenters. The van der Waals surface area contributed by atoms with Gasteiger partial charge in [-0.25, -0.2) is 0 Å². The summed E-state index contributed by atoms with van der Waals surface area (Å²) in [4.78, 5) is 0. The first kappa shape index (κ1) is 11.1. The van der Waals surface area contributed by atoms with Crippen LogP contribution in [-0.2, 0) is 0 Å². The van der Waals surface area contributed by atoms with Gasteiger partial charge in [-0.15, -0.1) is 6.58 Å². The largest absolute Gasteiger partial charge is 0.103 e. The molecule has 0 aliphatic rings. The van der Waals surface area contributed by atoms with Gasteiger partial charge < -0.3 is 0 Å². The van der Waals surface area contributed by atoms with E-state index in [0.717, 1.165) is 29.3 Å². The highest BCUT2D eigenvalue weighted by atomic mass is 79.9. The quantitative estimate of drug-likeness (QED) is 0.428. The van der Waals surface area contributed by atoms with Crippen molar-refractivity contribution in [2.75, 3.05) is 0 Å². The van der Waals surface area contributed by atoms with Crippen LogP contribution in [0.1, 0.15) is 24.8 Å². The first-order valence-electron chi connectivity index (χ1n) is 4.68. The molecule has 0 N–H and O–H groups in total. The van der Waals surface area contributed by atoms with Crippen LogP contribution in [-0.4, -0.2) is 0 Å². The van der Waals surface area contributed by atoms with Gasteiger partial charge in [0.2, 0.25) is 0 Å². The van der Waals surface area contributed by atoms with Crippen molar-refractivity contribution < 1.29 is 0 Å². The second kappa shape index (κ2) is 6.45. The van der Waals surface area contributed by atoms with Gasteiger partial charge in [0.1, 0.15) is 0 Å². The second-order valence-electron chi connectivity index (χ2n) is 2.99. The third kappa shape index (κ3) is 4.30. The Kier molecular flexibility index (Phi) is 5.11. The summed E-state index contributed by atoms with van der Waals surface area (Å²) in [6.45, 7) is 3.67. The maximum absolute atomic E-state index is 3.67. The van der Waals surface area contributed by atoms with Crippen LogP contribution in [0, 0.1) is 11.8 Å². The smallest absolute Gasteiger partial charge is 0.0246 e. The third-order valence-corrected chi connectivity index (χ3v) is 2.32. The molecule has 0 aliphatic heterocycles. The molecule has 0 heterocycles. The maximum atomic E-state index is 3.67. The zero-order valence-electron chi connectivity index (χ0n) is 8.09. The molecular formula is C13H13Br. The standard InChI is InChI=1S/C13H13Br/c1-2-3-4-5-6-7-12-8-10-13(14)11-9-12/h2,8-11H,1,3-5H2. The van der Waals surface area contributed by atoms with E-state index in [1.54, 1.807) is 0 Å². The molecular weight excluding hydrogens is 236 g/mol.